The van der Waals surface area contributed by atoms with Crippen LogP contribution in [-0.2, 0) is 19.5 Å². The standard InChI is InChI=1S/C10H23NO5S/c1-9(8-16-4)11(5-6-15-3)17(13,14)10(2)7-12/h9-10,12H,5-8H2,1-4H3. The Morgan fingerprint density at radius 1 is 1.24 bits per heavy atom. The van der Waals surface area contributed by atoms with Gasteiger partial charge in [-0.3, -0.25) is 0 Å². The van der Waals surface area contributed by atoms with E-state index in [2.05, 4.69) is 0 Å². The molecule has 0 saturated carbocycles. The molecule has 0 aromatic carbocycles. The first kappa shape index (κ1) is 16.8. The van der Waals surface area contributed by atoms with Crippen molar-refractivity contribution in [1.82, 2.24) is 4.31 Å². The Morgan fingerprint density at radius 2 is 1.82 bits per heavy atom. The number of aliphatic hydroxyl groups excluding tert-OH is 1. The molecule has 0 heterocycles. The Labute approximate surface area is 104 Å². The van der Waals surface area contributed by atoms with Crippen LogP contribution in [0.1, 0.15) is 13.8 Å². The smallest absolute Gasteiger partial charge is 0.219 e. The van der Waals surface area contributed by atoms with Crippen LogP contribution in [0.15, 0.2) is 0 Å². The number of ether oxygens (including phenoxy) is 2. The average Bonchev–Trinajstić information content (AvgIpc) is 2.28. The quantitative estimate of drug-likeness (QED) is 0.621. The summed E-state index contributed by atoms with van der Waals surface area (Å²) >= 11 is 0. The van der Waals surface area contributed by atoms with Crippen LogP contribution in [-0.4, -0.2) is 69.7 Å². The van der Waals surface area contributed by atoms with Gasteiger partial charge >= 0.3 is 0 Å². The highest BCUT2D eigenvalue weighted by Crippen LogP contribution is 2.13. The zero-order valence-corrected chi connectivity index (χ0v) is 11.7. The molecule has 0 aliphatic heterocycles. The maximum atomic E-state index is 12.1. The minimum atomic E-state index is -3.52. The predicted molar refractivity (Wildman–Crippen MR) is 65.4 cm³/mol. The number of aliphatic hydroxyl groups is 1. The molecule has 0 aromatic rings. The number of hydrogen-bond acceptors (Lipinski definition) is 5. The Morgan fingerprint density at radius 3 is 2.24 bits per heavy atom. The van der Waals surface area contributed by atoms with Gasteiger partial charge in [0.25, 0.3) is 0 Å². The lowest BCUT2D eigenvalue weighted by Gasteiger charge is -2.29. The normalized spacial score (nSPS) is 16.1. The molecular formula is C10H23NO5S. The number of rotatable bonds is 9. The monoisotopic (exact) mass is 269 g/mol. The number of sulfonamides is 1. The lowest BCUT2D eigenvalue weighted by Crippen LogP contribution is -2.47. The number of nitrogens with zero attached hydrogens (tertiary/aromatic N) is 1. The molecular weight excluding hydrogens is 246 g/mol. The molecule has 0 amide bonds. The van der Waals surface area contributed by atoms with Gasteiger partial charge in [-0.25, -0.2) is 8.42 Å². The summed E-state index contributed by atoms with van der Waals surface area (Å²) in [6.45, 7) is 3.72. The fourth-order valence-corrected chi connectivity index (χ4v) is 2.97. The molecule has 6 nitrogen and oxygen atoms in total. The third-order valence-corrected chi connectivity index (χ3v) is 4.87. The van der Waals surface area contributed by atoms with Crippen molar-refractivity contribution < 1.29 is 23.0 Å². The van der Waals surface area contributed by atoms with Gasteiger partial charge in [-0.05, 0) is 13.8 Å². The Balaban J connectivity index is 4.89. The van der Waals surface area contributed by atoms with Crippen molar-refractivity contribution in [3.05, 3.63) is 0 Å². The molecule has 0 aliphatic rings. The van der Waals surface area contributed by atoms with Crippen LogP contribution in [0.3, 0.4) is 0 Å². The molecule has 0 spiro atoms. The van der Waals surface area contributed by atoms with Gasteiger partial charge in [0.2, 0.25) is 10.0 Å². The van der Waals surface area contributed by atoms with Crippen molar-refractivity contribution >= 4 is 10.0 Å². The lowest BCUT2D eigenvalue weighted by atomic mass is 10.3. The molecule has 17 heavy (non-hydrogen) atoms. The molecule has 0 bridgehead atoms. The first-order valence-corrected chi connectivity index (χ1v) is 7.01. The van der Waals surface area contributed by atoms with Crippen LogP contribution < -0.4 is 0 Å². The molecule has 1 N–H and O–H groups in total. The zero-order valence-electron chi connectivity index (χ0n) is 10.9. The Hall–Kier alpha value is -0.210. The molecule has 104 valence electrons. The minimum Gasteiger partial charge on any atom is -0.395 e. The average molecular weight is 269 g/mol. The summed E-state index contributed by atoms with van der Waals surface area (Å²) in [6, 6.07) is -0.283. The lowest BCUT2D eigenvalue weighted by molar-refractivity contribution is 0.118. The maximum absolute atomic E-state index is 12.1. The van der Waals surface area contributed by atoms with E-state index >= 15 is 0 Å². The van der Waals surface area contributed by atoms with Crippen LogP contribution in [0.2, 0.25) is 0 Å². The summed E-state index contributed by atoms with van der Waals surface area (Å²) in [6.07, 6.45) is 0. The van der Waals surface area contributed by atoms with E-state index in [1.807, 2.05) is 0 Å². The third-order valence-electron chi connectivity index (χ3n) is 2.51. The highest BCUT2D eigenvalue weighted by Gasteiger charge is 2.31. The van der Waals surface area contributed by atoms with Gasteiger partial charge in [0.1, 0.15) is 0 Å². The second-order valence-corrected chi connectivity index (χ2v) is 6.25. The van der Waals surface area contributed by atoms with Crippen LogP contribution >= 0.6 is 0 Å². The fraction of sp³-hybridized carbons (Fsp3) is 1.00. The Bertz CT molecular complexity index is 293. The summed E-state index contributed by atoms with van der Waals surface area (Å²) in [7, 11) is -0.485. The van der Waals surface area contributed by atoms with Crippen LogP contribution in [0, 0.1) is 0 Å². The molecule has 0 aliphatic carbocycles. The van der Waals surface area contributed by atoms with E-state index in [1.54, 1.807) is 6.92 Å². The highest BCUT2D eigenvalue weighted by molar-refractivity contribution is 7.89. The molecule has 0 aromatic heterocycles. The van der Waals surface area contributed by atoms with E-state index in [0.29, 0.717) is 13.2 Å². The van der Waals surface area contributed by atoms with Crippen LogP contribution in [0.4, 0.5) is 0 Å². The first-order valence-electron chi connectivity index (χ1n) is 5.51. The number of hydrogen-bond donors (Lipinski definition) is 1. The predicted octanol–water partition coefficient (Wildman–Crippen LogP) is -0.320. The Kier molecular flexibility index (Phi) is 7.89. The van der Waals surface area contributed by atoms with Crippen molar-refractivity contribution in [3.8, 4) is 0 Å². The van der Waals surface area contributed by atoms with E-state index in [0.717, 1.165) is 0 Å². The molecule has 2 unspecified atom stereocenters. The van der Waals surface area contributed by atoms with Crippen molar-refractivity contribution in [3.63, 3.8) is 0 Å². The molecule has 2 atom stereocenters. The van der Waals surface area contributed by atoms with E-state index < -0.39 is 21.9 Å². The largest absolute Gasteiger partial charge is 0.395 e. The van der Waals surface area contributed by atoms with Crippen molar-refractivity contribution in [2.45, 2.75) is 25.1 Å². The van der Waals surface area contributed by atoms with Gasteiger partial charge < -0.3 is 14.6 Å². The second kappa shape index (κ2) is 7.99. The summed E-state index contributed by atoms with van der Waals surface area (Å²) in [4.78, 5) is 0. The molecule has 0 fully saturated rings. The third kappa shape index (κ3) is 4.89. The van der Waals surface area contributed by atoms with Gasteiger partial charge in [0.05, 0.1) is 25.1 Å². The van der Waals surface area contributed by atoms with Crippen molar-refractivity contribution in [1.29, 1.82) is 0 Å². The zero-order chi connectivity index (χ0) is 13.5. The summed E-state index contributed by atoms with van der Waals surface area (Å²) < 4.78 is 35.5. The van der Waals surface area contributed by atoms with E-state index in [1.165, 1.54) is 25.4 Å². The first-order chi connectivity index (χ1) is 7.91. The van der Waals surface area contributed by atoms with Crippen LogP contribution in [0.5, 0.6) is 0 Å². The highest BCUT2D eigenvalue weighted by atomic mass is 32.2. The maximum Gasteiger partial charge on any atom is 0.219 e. The second-order valence-electron chi connectivity index (χ2n) is 3.95. The van der Waals surface area contributed by atoms with Gasteiger partial charge in [-0.15, -0.1) is 0 Å². The van der Waals surface area contributed by atoms with Gasteiger partial charge in [-0.2, -0.15) is 4.31 Å². The molecule has 0 rings (SSSR count). The number of methoxy groups -OCH3 is 2. The SMILES string of the molecule is COCCN(C(C)COC)S(=O)(=O)C(C)CO. The topological polar surface area (TPSA) is 76.1 Å². The van der Waals surface area contributed by atoms with E-state index in [4.69, 9.17) is 14.6 Å². The van der Waals surface area contributed by atoms with Crippen molar-refractivity contribution in [2.75, 3.05) is 40.6 Å². The van der Waals surface area contributed by atoms with E-state index in [-0.39, 0.29) is 12.6 Å². The van der Waals surface area contributed by atoms with E-state index in [9.17, 15) is 8.42 Å². The summed E-state index contributed by atoms with van der Waals surface area (Å²) in [5.41, 5.74) is 0. The van der Waals surface area contributed by atoms with Crippen molar-refractivity contribution in [2.24, 2.45) is 0 Å². The van der Waals surface area contributed by atoms with Gasteiger partial charge in [0, 0.05) is 26.8 Å². The van der Waals surface area contributed by atoms with Gasteiger partial charge in [0.15, 0.2) is 0 Å². The van der Waals surface area contributed by atoms with Gasteiger partial charge in [-0.1, -0.05) is 0 Å². The molecule has 0 saturated heterocycles. The summed E-state index contributed by atoms with van der Waals surface area (Å²) in [5, 5.41) is 8.17. The molecule has 0 radical (unpaired) electrons. The van der Waals surface area contributed by atoms with Crippen LogP contribution in [0.25, 0.3) is 0 Å². The molecule has 7 heteroatoms. The minimum absolute atomic E-state index is 0.258. The fourth-order valence-electron chi connectivity index (χ4n) is 1.43. The summed E-state index contributed by atoms with van der Waals surface area (Å²) in [5.74, 6) is 0.